The van der Waals surface area contributed by atoms with E-state index in [1.54, 1.807) is 0 Å². The summed E-state index contributed by atoms with van der Waals surface area (Å²) in [5.74, 6) is 1.11. The molecule has 5 aliphatic carbocycles. The Hall–Kier alpha value is -0.870. The van der Waals surface area contributed by atoms with Gasteiger partial charge in [0, 0.05) is 5.41 Å². The molecule has 5 rings (SSSR count). The van der Waals surface area contributed by atoms with Gasteiger partial charge in [0.1, 0.15) is 0 Å². The lowest BCUT2D eigenvalue weighted by Gasteiger charge is -2.71. The molecule has 1 unspecified atom stereocenters. The minimum Gasteiger partial charge on any atom is -0.469 e. The number of fused-ring (bicyclic) bond motifs is 7. The Kier molecular flexibility index (Phi) is 5.76. The van der Waals surface area contributed by atoms with Crippen LogP contribution in [0.1, 0.15) is 99.8 Å². The van der Waals surface area contributed by atoms with Crippen LogP contribution in [0.4, 0.5) is 0 Å². The molecule has 0 amide bonds. The van der Waals surface area contributed by atoms with Gasteiger partial charge in [-0.1, -0.05) is 60.1 Å². The average molecular weight is 487 g/mol. The van der Waals surface area contributed by atoms with E-state index in [1.807, 2.05) is 0 Å². The second-order valence-corrected chi connectivity index (χ2v) is 14.9. The highest BCUT2D eigenvalue weighted by Gasteiger charge is 2.69. The third-order valence-corrected chi connectivity index (χ3v) is 13.6. The average Bonchev–Trinajstić information content (AvgIpc) is 2.79. The molecular weight excluding hydrogens is 436 g/mol. The fourth-order valence-corrected chi connectivity index (χ4v) is 11.1. The van der Waals surface area contributed by atoms with Gasteiger partial charge in [-0.2, -0.15) is 0 Å². The van der Waals surface area contributed by atoms with Gasteiger partial charge in [-0.3, -0.25) is 4.79 Å². The molecular formula is C31H50O4. The fourth-order valence-electron chi connectivity index (χ4n) is 11.1. The Labute approximate surface area is 213 Å². The van der Waals surface area contributed by atoms with E-state index in [1.165, 1.54) is 25.5 Å². The minimum absolute atomic E-state index is 0.0416. The van der Waals surface area contributed by atoms with Crippen molar-refractivity contribution >= 4 is 5.97 Å². The van der Waals surface area contributed by atoms with Gasteiger partial charge < -0.3 is 14.9 Å². The molecule has 198 valence electrons. The summed E-state index contributed by atoms with van der Waals surface area (Å²) in [5.41, 5.74) is 1.79. The van der Waals surface area contributed by atoms with Crippen molar-refractivity contribution in [1.29, 1.82) is 0 Å². The van der Waals surface area contributed by atoms with Crippen LogP contribution < -0.4 is 0 Å². The summed E-state index contributed by atoms with van der Waals surface area (Å²) in [5, 5.41) is 22.3. The van der Waals surface area contributed by atoms with Gasteiger partial charge in [0.2, 0.25) is 0 Å². The molecule has 4 saturated carbocycles. The lowest BCUT2D eigenvalue weighted by atomic mass is 9.33. The maximum atomic E-state index is 12.7. The largest absolute Gasteiger partial charge is 0.469 e. The topological polar surface area (TPSA) is 66.8 Å². The van der Waals surface area contributed by atoms with Crippen LogP contribution in [0.3, 0.4) is 0 Å². The molecule has 0 saturated heterocycles. The number of esters is 1. The predicted octanol–water partition coefficient (Wildman–Crippen LogP) is 6.15. The second kappa shape index (κ2) is 7.82. The lowest BCUT2D eigenvalue weighted by Crippen LogP contribution is -2.65. The first-order valence-electron chi connectivity index (χ1n) is 14.3. The van der Waals surface area contributed by atoms with Gasteiger partial charge in [0.05, 0.1) is 25.2 Å². The van der Waals surface area contributed by atoms with Gasteiger partial charge >= 0.3 is 5.97 Å². The number of ether oxygens (including phenoxy) is 1. The molecule has 0 aromatic rings. The van der Waals surface area contributed by atoms with Crippen molar-refractivity contribution < 1.29 is 19.7 Å². The Morgan fingerprint density at radius 1 is 0.914 bits per heavy atom. The number of aliphatic hydroxyl groups is 2. The van der Waals surface area contributed by atoms with Crippen LogP contribution in [-0.4, -0.2) is 35.5 Å². The number of rotatable bonds is 1. The number of carbonyl (C=O) groups is 1. The Balaban J connectivity index is 1.59. The summed E-state index contributed by atoms with van der Waals surface area (Å²) in [6.45, 7) is 16.8. The third kappa shape index (κ3) is 3.08. The predicted molar refractivity (Wildman–Crippen MR) is 138 cm³/mol. The number of allylic oxidation sites excluding steroid dienone is 2. The molecule has 0 aliphatic heterocycles. The summed E-state index contributed by atoms with van der Waals surface area (Å²) < 4.78 is 5.20. The van der Waals surface area contributed by atoms with Gasteiger partial charge in [0.15, 0.2) is 0 Å². The van der Waals surface area contributed by atoms with Gasteiger partial charge in [-0.15, -0.1) is 0 Å². The molecule has 35 heavy (non-hydrogen) atoms. The first-order chi connectivity index (χ1) is 16.2. The monoisotopic (exact) mass is 486 g/mol. The number of carbonyl (C=O) groups excluding carboxylic acids is 1. The van der Waals surface area contributed by atoms with E-state index in [0.717, 1.165) is 32.1 Å². The fraction of sp³-hybridized carbons (Fsp3) is 0.903. The first kappa shape index (κ1) is 25.8. The van der Waals surface area contributed by atoms with Crippen LogP contribution in [0.15, 0.2) is 11.6 Å². The van der Waals surface area contributed by atoms with Crippen LogP contribution in [0.25, 0.3) is 0 Å². The van der Waals surface area contributed by atoms with Crippen molar-refractivity contribution in [1.82, 2.24) is 0 Å². The SMILES string of the molecule is COC(=O)[C@@H]1C[C@H](O)[C@]2(C)CC[C@]3(C)C(=CC[C@@H]4[C@@]5(C)CC[C@H](O)C(C)(C)C5CC[C@]43C)[C@H]2[C@H]1C. The summed E-state index contributed by atoms with van der Waals surface area (Å²) >= 11 is 0. The molecule has 0 bridgehead atoms. The van der Waals surface area contributed by atoms with E-state index in [2.05, 4.69) is 54.5 Å². The number of methoxy groups -OCH3 is 1. The van der Waals surface area contributed by atoms with E-state index in [9.17, 15) is 15.0 Å². The second-order valence-electron chi connectivity index (χ2n) is 14.9. The van der Waals surface area contributed by atoms with E-state index in [4.69, 9.17) is 4.74 Å². The van der Waals surface area contributed by atoms with Crippen molar-refractivity contribution in [2.75, 3.05) is 7.11 Å². The summed E-state index contributed by atoms with van der Waals surface area (Å²) in [7, 11) is 1.48. The summed E-state index contributed by atoms with van der Waals surface area (Å²) in [6.07, 6.45) is 10.0. The van der Waals surface area contributed by atoms with Crippen molar-refractivity contribution in [3.8, 4) is 0 Å². The molecule has 5 aliphatic rings. The number of aliphatic hydroxyl groups excluding tert-OH is 2. The first-order valence-corrected chi connectivity index (χ1v) is 14.3. The van der Waals surface area contributed by atoms with Gasteiger partial charge in [-0.25, -0.2) is 0 Å². The minimum atomic E-state index is -0.474. The summed E-state index contributed by atoms with van der Waals surface area (Å²) in [6, 6.07) is 0. The molecule has 4 fully saturated rings. The molecule has 0 aromatic heterocycles. The quantitative estimate of drug-likeness (QED) is 0.345. The van der Waals surface area contributed by atoms with Gasteiger partial charge in [-0.05, 0) is 96.7 Å². The smallest absolute Gasteiger partial charge is 0.309 e. The number of hydrogen-bond acceptors (Lipinski definition) is 4. The Morgan fingerprint density at radius 3 is 2.26 bits per heavy atom. The molecule has 0 spiro atoms. The van der Waals surface area contributed by atoms with Crippen molar-refractivity contribution in [2.24, 2.45) is 56.7 Å². The van der Waals surface area contributed by atoms with E-state index >= 15 is 0 Å². The highest BCUT2D eigenvalue weighted by molar-refractivity contribution is 5.73. The van der Waals surface area contributed by atoms with Crippen LogP contribution in [0.5, 0.6) is 0 Å². The Morgan fingerprint density at radius 2 is 1.60 bits per heavy atom. The van der Waals surface area contributed by atoms with Gasteiger partial charge in [0.25, 0.3) is 0 Å². The molecule has 4 nitrogen and oxygen atoms in total. The zero-order chi connectivity index (χ0) is 25.8. The number of hydrogen-bond donors (Lipinski definition) is 2. The van der Waals surface area contributed by atoms with Crippen molar-refractivity contribution in [3.63, 3.8) is 0 Å². The molecule has 11 atom stereocenters. The lowest BCUT2D eigenvalue weighted by molar-refractivity contribution is -0.209. The highest BCUT2D eigenvalue weighted by Crippen LogP contribution is 2.75. The van der Waals surface area contributed by atoms with Crippen LogP contribution in [-0.2, 0) is 9.53 Å². The van der Waals surface area contributed by atoms with E-state index in [0.29, 0.717) is 18.3 Å². The normalized spacial score (nSPS) is 54.9. The standard InChI is InChI=1S/C31H50O4/c1-18-19(26(34)35-8)17-24(33)29(5)15-16-30(6)20(25(18)29)9-10-22-28(4)13-12-23(32)27(2,3)21(28)11-14-31(22,30)7/h9,18-19,21-25,32-33H,10-17H2,1-8H3/t18-,19+,21?,22+,23-,24-,25+,28-,29-,30+,31+/m0/s1. The Bertz CT molecular complexity index is 923. The third-order valence-electron chi connectivity index (χ3n) is 13.6. The van der Waals surface area contributed by atoms with E-state index in [-0.39, 0.29) is 56.9 Å². The van der Waals surface area contributed by atoms with Crippen molar-refractivity contribution in [2.45, 2.75) is 112 Å². The summed E-state index contributed by atoms with van der Waals surface area (Å²) in [4.78, 5) is 12.7. The van der Waals surface area contributed by atoms with Crippen LogP contribution >= 0.6 is 0 Å². The molecule has 0 radical (unpaired) electrons. The van der Waals surface area contributed by atoms with Crippen molar-refractivity contribution in [3.05, 3.63) is 11.6 Å². The maximum Gasteiger partial charge on any atom is 0.309 e. The molecule has 0 aromatic carbocycles. The van der Waals surface area contributed by atoms with Crippen LogP contribution in [0.2, 0.25) is 0 Å². The highest BCUT2D eigenvalue weighted by atomic mass is 16.5. The van der Waals surface area contributed by atoms with E-state index < -0.39 is 6.10 Å². The molecule has 0 heterocycles. The maximum absolute atomic E-state index is 12.7. The van der Waals surface area contributed by atoms with Crippen LogP contribution in [0, 0.1) is 56.7 Å². The molecule has 2 N–H and O–H groups in total. The zero-order valence-electron chi connectivity index (χ0n) is 23.5. The molecule has 4 heteroatoms. The zero-order valence-corrected chi connectivity index (χ0v) is 23.5.